The number of rotatable bonds is 6. The number of thioether (sulfide) groups is 1. The van der Waals surface area contributed by atoms with Gasteiger partial charge in [0, 0.05) is 24.9 Å². The Morgan fingerprint density at radius 1 is 1.04 bits per heavy atom. The van der Waals surface area contributed by atoms with E-state index in [1.54, 1.807) is 23.0 Å². The van der Waals surface area contributed by atoms with Gasteiger partial charge in [-0.15, -0.1) is 5.10 Å². The largest absolute Gasteiger partial charge is 0.492 e. The minimum atomic E-state index is -1.42. The van der Waals surface area contributed by atoms with Crippen LogP contribution in [0.25, 0.3) is 0 Å². The average Bonchev–Trinajstić information content (AvgIpc) is 3.50. The molecule has 0 radical (unpaired) electrons. The number of hydrogen-bond donors (Lipinski definition) is 5. The molecule has 4 bridgehead atoms. The topological polar surface area (TPSA) is 177 Å². The molecule has 46 heavy (non-hydrogen) atoms. The van der Waals surface area contributed by atoms with Crippen molar-refractivity contribution in [2.75, 3.05) is 18.6 Å². The van der Waals surface area contributed by atoms with E-state index in [1.165, 1.54) is 24.8 Å². The van der Waals surface area contributed by atoms with Crippen molar-refractivity contribution in [2.45, 2.75) is 63.5 Å². The summed E-state index contributed by atoms with van der Waals surface area (Å²) < 4.78 is 7.43. The Hall–Kier alpha value is -4.14. The Morgan fingerprint density at radius 2 is 1.83 bits per heavy atom. The fourth-order valence-electron chi connectivity index (χ4n) is 4.72. The summed E-state index contributed by atoms with van der Waals surface area (Å²) in [6, 6.07) is 10.2. The number of benzene rings is 2. The van der Waals surface area contributed by atoms with Gasteiger partial charge >= 0.3 is 0 Å². The van der Waals surface area contributed by atoms with E-state index in [4.69, 9.17) is 16.3 Å². The number of halogens is 1. The standard InChI is InChI=1S/C31H38ClN7O6S/c1-19(40)27-31(44)35-25(15-20-7-4-3-5-8-20)29(42)33-17-22-18-39(38-37-22)12-6-13-45-26-10-9-21(16-23(26)32)28(41)34-24(11-14-46-2)30(43)36-27/h3-5,7-10,16,18-19,24-25,27,40H,6,11-15,17H2,1-2H3,(H,33,42)(H,34,41)(H,35,44)(H,36,43)/t19-,24+,25-,27+/m1/s1. The summed E-state index contributed by atoms with van der Waals surface area (Å²) in [5.74, 6) is -1.54. The van der Waals surface area contributed by atoms with Gasteiger partial charge in [-0.1, -0.05) is 47.1 Å². The van der Waals surface area contributed by atoms with Gasteiger partial charge in [-0.25, -0.2) is 0 Å². The smallest absolute Gasteiger partial charge is 0.251 e. The molecule has 5 N–H and O–H groups in total. The molecule has 15 heteroatoms. The van der Waals surface area contributed by atoms with Crippen LogP contribution in [0.4, 0.5) is 0 Å². The highest BCUT2D eigenvalue weighted by molar-refractivity contribution is 7.98. The zero-order chi connectivity index (χ0) is 33.1. The molecule has 2 aromatic carbocycles. The number of nitrogens with one attached hydrogen (secondary N) is 4. The van der Waals surface area contributed by atoms with Gasteiger partial charge < -0.3 is 31.1 Å². The first-order valence-corrected chi connectivity index (χ1v) is 16.6. The highest BCUT2D eigenvalue weighted by atomic mass is 35.5. The van der Waals surface area contributed by atoms with Crippen molar-refractivity contribution in [3.63, 3.8) is 0 Å². The normalized spacial score (nSPS) is 20.9. The summed E-state index contributed by atoms with van der Waals surface area (Å²) in [6.45, 7) is 2.23. The van der Waals surface area contributed by atoms with Crippen LogP contribution in [0.5, 0.6) is 5.75 Å². The van der Waals surface area contributed by atoms with Gasteiger partial charge in [0.2, 0.25) is 17.7 Å². The van der Waals surface area contributed by atoms with E-state index in [1.807, 2.05) is 36.6 Å². The highest BCUT2D eigenvalue weighted by Gasteiger charge is 2.32. The molecule has 0 aliphatic carbocycles. The fraction of sp³-hybridized carbons (Fsp3) is 0.419. The number of aliphatic hydroxyl groups is 1. The zero-order valence-corrected chi connectivity index (χ0v) is 27.1. The third-order valence-corrected chi connectivity index (χ3v) is 8.16. The monoisotopic (exact) mass is 671 g/mol. The number of fused-ring (bicyclic) bond motifs is 16. The van der Waals surface area contributed by atoms with Gasteiger partial charge in [0.15, 0.2) is 0 Å². The molecule has 4 atom stereocenters. The van der Waals surface area contributed by atoms with Gasteiger partial charge in [0.25, 0.3) is 5.91 Å². The van der Waals surface area contributed by atoms with Crippen LogP contribution in [-0.4, -0.2) is 86.6 Å². The number of carbonyl (C=O) groups excluding carboxylic acids is 4. The van der Waals surface area contributed by atoms with Crippen molar-refractivity contribution in [2.24, 2.45) is 0 Å². The van der Waals surface area contributed by atoms with E-state index in [9.17, 15) is 24.3 Å². The third-order valence-electron chi connectivity index (χ3n) is 7.22. The molecule has 3 aromatic rings. The molecule has 2 aliphatic heterocycles. The summed E-state index contributed by atoms with van der Waals surface area (Å²) in [7, 11) is 0. The molecule has 0 saturated carbocycles. The predicted octanol–water partition coefficient (Wildman–Crippen LogP) is 1.48. The van der Waals surface area contributed by atoms with Crippen molar-refractivity contribution >= 4 is 47.0 Å². The molecule has 1 aromatic heterocycles. The van der Waals surface area contributed by atoms with Crippen LogP contribution in [0, 0.1) is 0 Å². The Morgan fingerprint density at radius 3 is 2.54 bits per heavy atom. The SMILES string of the molecule is CSCC[C@@H]1NC(=O)c2ccc(c(Cl)c2)OCCCn2cc(nn2)CNC(=O)[C@@H](Cc2ccccc2)NC(=O)[C@H]([C@@H](C)O)NC1=O. The van der Waals surface area contributed by atoms with Gasteiger partial charge in [0.05, 0.1) is 30.5 Å². The number of aryl methyl sites for hydroxylation is 1. The van der Waals surface area contributed by atoms with Crippen molar-refractivity contribution in [3.8, 4) is 5.75 Å². The fourth-order valence-corrected chi connectivity index (χ4v) is 5.43. The van der Waals surface area contributed by atoms with Crippen LogP contribution in [0.15, 0.2) is 54.7 Å². The van der Waals surface area contributed by atoms with Crippen LogP contribution in [0.1, 0.15) is 41.4 Å². The third kappa shape index (κ3) is 9.93. The molecule has 2 aliphatic rings. The average molecular weight is 672 g/mol. The summed E-state index contributed by atoms with van der Waals surface area (Å²) >= 11 is 7.89. The Labute approximate surface area is 276 Å². The van der Waals surface area contributed by atoms with Gasteiger partial charge in [-0.3, -0.25) is 23.9 Å². The van der Waals surface area contributed by atoms with Crippen LogP contribution in [-0.2, 0) is 33.9 Å². The molecule has 0 unspecified atom stereocenters. The van der Waals surface area contributed by atoms with E-state index in [0.717, 1.165) is 5.56 Å². The first-order valence-electron chi connectivity index (χ1n) is 14.9. The molecule has 0 fully saturated rings. The number of ether oxygens (including phenoxy) is 1. The highest BCUT2D eigenvalue weighted by Crippen LogP contribution is 2.26. The Balaban J connectivity index is 1.62. The lowest BCUT2D eigenvalue weighted by atomic mass is 10.0. The lowest BCUT2D eigenvalue weighted by molar-refractivity contribution is -0.134. The minimum Gasteiger partial charge on any atom is -0.492 e. The minimum absolute atomic E-state index is 0.0613. The maximum Gasteiger partial charge on any atom is 0.251 e. The zero-order valence-electron chi connectivity index (χ0n) is 25.6. The Kier molecular flexibility index (Phi) is 12.8. The molecule has 0 saturated heterocycles. The molecule has 0 spiro atoms. The maximum atomic E-state index is 13.5. The number of hydrogen-bond acceptors (Lipinski definition) is 9. The van der Waals surface area contributed by atoms with Gasteiger partial charge in [-0.2, -0.15) is 11.8 Å². The second kappa shape index (κ2) is 17.0. The first-order chi connectivity index (χ1) is 22.1. The van der Waals surface area contributed by atoms with Crippen LogP contribution < -0.4 is 26.0 Å². The van der Waals surface area contributed by atoms with Gasteiger partial charge in [-0.05, 0) is 49.1 Å². The maximum absolute atomic E-state index is 13.5. The summed E-state index contributed by atoms with van der Waals surface area (Å²) in [6.07, 6.45) is 3.23. The summed E-state index contributed by atoms with van der Waals surface area (Å²) in [4.78, 5) is 53.5. The first kappa shape index (κ1) is 34.7. The van der Waals surface area contributed by atoms with Crippen LogP contribution >= 0.6 is 23.4 Å². The molecular weight excluding hydrogens is 634 g/mol. The van der Waals surface area contributed by atoms with Crippen molar-refractivity contribution in [1.29, 1.82) is 0 Å². The summed E-state index contributed by atoms with van der Waals surface area (Å²) in [5.41, 5.74) is 1.52. The number of nitrogens with zero attached hydrogens (tertiary/aromatic N) is 3. The lowest BCUT2D eigenvalue weighted by Crippen LogP contribution is -2.60. The number of carbonyl (C=O) groups is 4. The molecule has 5 rings (SSSR count). The van der Waals surface area contributed by atoms with E-state index in [0.29, 0.717) is 36.8 Å². The lowest BCUT2D eigenvalue weighted by Gasteiger charge is -2.27. The molecule has 13 nitrogen and oxygen atoms in total. The molecule has 4 amide bonds. The second-order valence-corrected chi connectivity index (χ2v) is 12.2. The van der Waals surface area contributed by atoms with E-state index >= 15 is 0 Å². The molecule has 246 valence electrons. The van der Waals surface area contributed by atoms with Crippen molar-refractivity contribution in [3.05, 3.63) is 76.6 Å². The number of aromatic nitrogens is 3. The van der Waals surface area contributed by atoms with Gasteiger partial charge in [0.1, 0.15) is 29.6 Å². The van der Waals surface area contributed by atoms with E-state index in [-0.39, 0.29) is 30.0 Å². The molecule has 3 heterocycles. The van der Waals surface area contributed by atoms with Crippen molar-refractivity contribution in [1.82, 2.24) is 36.3 Å². The second-order valence-electron chi connectivity index (χ2n) is 10.8. The van der Waals surface area contributed by atoms with Crippen LogP contribution in [0.3, 0.4) is 0 Å². The number of aliphatic hydroxyl groups excluding tert-OH is 1. The van der Waals surface area contributed by atoms with E-state index < -0.39 is 47.9 Å². The van der Waals surface area contributed by atoms with Crippen molar-refractivity contribution < 1.29 is 29.0 Å². The van der Waals surface area contributed by atoms with E-state index in [2.05, 4.69) is 31.6 Å². The number of amides is 4. The predicted molar refractivity (Wildman–Crippen MR) is 173 cm³/mol. The Bertz CT molecular complexity index is 1510. The van der Waals surface area contributed by atoms with Crippen LogP contribution in [0.2, 0.25) is 5.02 Å². The summed E-state index contributed by atoms with van der Waals surface area (Å²) in [5, 5.41) is 29.8. The quantitative estimate of drug-likeness (QED) is 0.243. The molecular formula is C31H38ClN7O6S.